The zero-order chi connectivity index (χ0) is 32.9. The molecule has 1 aliphatic rings. The van der Waals surface area contributed by atoms with Crippen molar-refractivity contribution in [2.24, 2.45) is 5.10 Å². The summed E-state index contributed by atoms with van der Waals surface area (Å²) in [4.78, 5) is 27.9. The number of para-hydroxylation sites is 1. The summed E-state index contributed by atoms with van der Waals surface area (Å²) < 4.78 is 13.2. The predicted molar refractivity (Wildman–Crippen MR) is 184 cm³/mol. The van der Waals surface area contributed by atoms with Crippen molar-refractivity contribution in [1.82, 2.24) is 25.1 Å². The second kappa shape index (κ2) is 14.2. The monoisotopic (exact) mass is 666 g/mol. The van der Waals surface area contributed by atoms with Gasteiger partial charge in [-0.2, -0.15) is 5.10 Å². The second-order valence-corrected chi connectivity index (χ2v) is 12.7. The van der Waals surface area contributed by atoms with Crippen molar-refractivity contribution in [2.45, 2.75) is 38.0 Å². The van der Waals surface area contributed by atoms with Gasteiger partial charge < -0.3 is 14.8 Å². The molecule has 0 aliphatic carbocycles. The number of thiophene rings is 1. The first-order valence-electron chi connectivity index (χ1n) is 15.0. The van der Waals surface area contributed by atoms with Gasteiger partial charge >= 0.3 is 0 Å². The molecule has 1 N–H and O–H groups in total. The Morgan fingerprint density at radius 2 is 1.77 bits per heavy atom. The lowest BCUT2D eigenvalue weighted by Gasteiger charge is -2.24. The highest BCUT2D eigenvalue weighted by molar-refractivity contribution is 7.99. The zero-order valence-corrected chi connectivity index (χ0v) is 28.1. The van der Waals surface area contributed by atoms with Crippen molar-refractivity contribution in [1.29, 1.82) is 0 Å². The van der Waals surface area contributed by atoms with Crippen molar-refractivity contribution < 1.29 is 19.1 Å². The normalized spacial score (nSPS) is 14.2. The molecule has 6 rings (SSSR count). The maximum Gasteiger partial charge on any atom is 0.253 e. The molecule has 2 aromatic heterocycles. The SMILES string of the molecule is COc1cccc(C2CC(c3cccs3)=NN2C(=O)CSc2nnc(CNC(=O)c3ccccc3)n2-c2cccc(C)c2C)c1OC. The summed E-state index contributed by atoms with van der Waals surface area (Å²) in [5.74, 6) is 1.37. The Balaban J connectivity index is 1.29. The highest BCUT2D eigenvalue weighted by atomic mass is 32.2. The van der Waals surface area contributed by atoms with Gasteiger partial charge in [-0.3, -0.25) is 14.2 Å². The van der Waals surface area contributed by atoms with Gasteiger partial charge in [-0.05, 0) is 60.7 Å². The highest BCUT2D eigenvalue weighted by Gasteiger charge is 2.36. The molecular weight excluding hydrogens is 633 g/mol. The van der Waals surface area contributed by atoms with E-state index in [-0.39, 0.29) is 30.2 Å². The topological polar surface area (TPSA) is 111 Å². The molecule has 1 atom stereocenters. The number of thioether (sulfide) groups is 1. The van der Waals surface area contributed by atoms with E-state index in [1.165, 1.54) is 11.8 Å². The predicted octanol–water partition coefficient (Wildman–Crippen LogP) is 6.36. The number of hydrogen-bond donors (Lipinski definition) is 1. The summed E-state index contributed by atoms with van der Waals surface area (Å²) in [7, 11) is 3.19. The van der Waals surface area contributed by atoms with E-state index < -0.39 is 0 Å². The second-order valence-electron chi connectivity index (χ2n) is 10.9. The summed E-state index contributed by atoms with van der Waals surface area (Å²) in [5, 5.41) is 20.8. The van der Waals surface area contributed by atoms with Gasteiger partial charge in [0.25, 0.3) is 11.8 Å². The largest absolute Gasteiger partial charge is 0.493 e. The number of methoxy groups -OCH3 is 2. The first-order valence-corrected chi connectivity index (χ1v) is 16.9. The Hall–Kier alpha value is -4.94. The Morgan fingerprint density at radius 3 is 2.51 bits per heavy atom. The van der Waals surface area contributed by atoms with Crippen LogP contribution in [-0.2, 0) is 11.3 Å². The molecule has 1 unspecified atom stereocenters. The lowest BCUT2D eigenvalue weighted by Crippen LogP contribution is -2.29. The number of ether oxygens (including phenoxy) is 2. The Kier molecular flexibility index (Phi) is 9.69. The minimum atomic E-state index is -0.383. The Labute approximate surface area is 281 Å². The van der Waals surface area contributed by atoms with Gasteiger partial charge in [-0.25, -0.2) is 5.01 Å². The number of nitrogens with zero attached hydrogens (tertiary/aromatic N) is 5. The lowest BCUT2D eigenvalue weighted by atomic mass is 9.99. The molecule has 2 amide bonds. The third-order valence-corrected chi connectivity index (χ3v) is 9.88. The number of benzene rings is 3. The molecule has 0 saturated carbocycles. The number of nitrogens with one attached hydrogen (secondary N) is 1. The van der Waals surface area contributed by atoms with E-state index in [9.17, 15) is 9.59 Å². The van der Waals surface area contributed by atoms with Crippen LogP contribution < -0.4 is 14.8 Å². The smallest absolute Gasteiger partial charge is 0.253 e. The fourth-order valence-corrected chi connectivity index (χ4v) is 7.06. The zero-order valence-electron chi connectivity index (χ0n) is 26.5. The molecule has 0 spiro atoms. The third-order valence-electron chi connectivity index (χ3n) is 8.05. The number of rotatable bonds is 11. The molecule has 0 fully saturated rings. The number of aromatic nitrogens is 3. The van der Waals surface area contributed by atoms with Crippen LogP contribution in [0, 0.1) is 13.8 Å². The lowest BCUT2D eigenvalue weighted by molar-refractivity contribution is -0.130. The summed E-state index contributed by atoms with van der Waals surface area (Å²) >= 11 is 2.87. The minimum Gasteiger partial charge on any atom is -0.493 e. The van der Waals surface area contributed by atoms with Crippen molar-refractivity contribution >= 4 is 40.6 Å². The van der Waals surface area contributed by atoms with E-state index >= 15 is 0 Å². The van der Waals surface area contributed by atoms with E-state index in [0.29, 0.717) is 34.5 Å². The Bertz CT molecular complexity index is 1920. The maximum atomic E-state index is 14.0. The van der Waals surface area contributed by atoms with Gasteiger partial charge in [-0.15, -0.1) is 21.5 Å². The van der Waals surface area contributed by atoms with E-state index in [1.807, 2.05) is 90.5 Å². The van der Waals surface area contributed by atoms with Gasteiger partial charge in [0.2, 0.25) is 0 Å². The molecule has 0 bridgehead atoms. The minimum absolute atomic E-state index is 0.0589. The van der Waals surface area contributed by atoms with E-state index in [0.717, 1.165) is 33.0 Å². The molecule has 5 aromatic rings. The Morgan fingerprint density at radius 1 is 0.957 bits per heavy atom. The fraction of sp³-hybridized carbons (Fsp3) is 0.229. The van der Waals surface area contributed by atoms with Crippen molar-refractivity contribution in [2.75, 3.05) is 20.0 Å². The van der Waals surface area contributed by atoms with Gasteiger partial charge in [0.05, 0.1) is 48.8 Å². The number of carbonyl (C=O) groups is 2. The molecule has 0 saturated heterocycles. The van der Waals surface area contributed by atoms with Crippen molar-refractivity contribution in [3.8, 4) is 17.2 Å². The van der Waals surface area contributed by atoms with Gasteiger partial charge in [0, 0.05) is 17.5 Å². The van der Waals surface area contributed by atoms with Crippen molar-refractivity contribution in [3.05, 3.63) is 117 Å². The standard InChI is InChI=1S/C35H34N6O4S2/c1-22-11-8-15-27(23(22)2)40-31(20-36-34(43)24-12-6-5-7-13-24)37-38-35(40)47-21-32(42)41-28(19-26(39-41)30-17-10-18-46-30)25-14-9-16-29(44-3)33(25)45-4/h5-18,28H,19-21H2,1-4H3,(H,36,43). The van der Waals surface area contributed by atoms with Gasteiger partial charge in [0.15, 0.2) is 22.5 Å². The van der Waals surface area contributed by atoms with Crippen LogP contribution >= 0.6 is 23.1 Å². The summed E-state index contributed by atoms with van der Waals surface area (Å²) in [6.45, 7) is 4.23. The van der Waals surface area contributed by atoms with Crippen LogP contribution in [0.3, 0.4) is 0 Å². The molecular formula is C35H34N6O4S2. The maximum absolute atomic E-state index is 14.0. The number of hydrazone groups is 1. The van der Waals surface area contributed by atoms with Crippen LogP contribution in [0.1, 0.15) is 50.2 Å². The molecule has 3 aromatic carbocycles. The molecule has 3 heterocycles. The molecule has 47 heavy (non-hydrogen) atoms. The molecule has 10 nitrogen and oxygen atoms in total. The van der Waals surface area contributed by atoms with Crippen LogP contribution in [0.25, 0.3) is 5.69 Å². The summed E-state index contributed by atoms with van der Waals surface area (Å²) in [6, 6.07) is 24.3. The van der Waals surface area contributed by atoms with Crippen molar-refractivity contribution in [3.63, 3.8) is 0 Å². The quantitative estimate of drug-likeness (QED) is 0.163. The molecule has 240 valence electrons. The van der Waals surface area contributed by atoms with Gasteiger partial charge in [-0.1, -0.05) is 60.3 Å². The van der Waals surface area contributed by atoms with Crippen LogP contribution in [-0.4, -0.2) is 57.3 Å². The van der Waals surface area contributed by atoms with Gasteiger partial charge in [0.1, 0.15) is 0 Å². The third kappa shape index (κ3) is 6.65. The van der Waals surface area contributed by atoms with E-state index in [4.69, 9.17) is 14.6 Å². The number of hydrogen-bond acceptors (Lipinski definition) is 9. The van der Waals surface area contributed by atoms with E-state index in [1.54, 1.807) is 42.7 Å². The summed E-state index contributed by atoms with van der Waals surface area (Å²) in [6.07, 6.45) is 0.532. The first kappa shape index (κ1) is 32.0. The number of carbonyl (C=O) groups excluding carboxylic acids is 2. The molecule has 12 heteroatoms. The average molecular weight is 667 g/mol. The number of aryl methyl sites for hydroxylation is 1. The first-order chi connectivity index (χ1) is 22.9. The van der Waals surface area contributed by atoms with Crippen LogP contribution in [0.4, 0.5) is 0 Å². The van der Waals surface area contributed by atoms with E-state index in [2.05, 4.69) is 15.5 Å². The summed E-state index contributed by atoms with van der Waals surface area (Å²) in [5.41, 5.74) is 5.24. The number of amides is 2. The highest BCUT2D eigenvalue weighted by Crippen LogP contribution is 2.42. The van der Waals surface area contributed by atoms with Crippen LogP contribution in [0.5, 0.6) is 11.5 Å². The van der Waals surface area contributed by atoms with Crippen LogP contribution in [0.15, 0.2) is 94.5 Å². The average Bonchev–Trinajstić information content (AvgIpc) is 3.88. The van der Waals surface area contributed by atoms with Crippen LogP contribution in [0.2, 0.25) is 0 Å². The molecule has 0 radical (unpaired) electrons. The fourth-order valence-electron chi connectivity index (χ4n) is 5.52. The molecule has 1 aliphatic heterocycles.